The van der Waals surface area contributed by atoms with Gasteiger partial charge in [-0.1, -0.05) is 95.2 Å². The molecule has 0 bridgehead atoms. The van der Waals surface area contributed by atoms with Crippen molar-refractivity contribution in [3.8, 4) is 5.75 Å². The van der Waals surface area contributed by atoms with Crippen LogP contribution in [0.5, 0.6) is 5.75 Å². The van der Waals surface area contributed by atoms with Crippen molar-refractivity contribution in [1.29, 1.82) is 0 Å². The summed E-state index contributed by atoms with van der Waals surface area (Å²) in [6.07, 6.45) is 18.7. The average Bonchev–Trinajstić information content (AvgIpc) is 2.65. The Labute approximate surface area is 160 Å². The van der Waals surface area contributed by atoms with E-state index in [1.165, 1.54) is 83.5 Å². The molecule has 0 aliphatic carbocycles. The molecule has 0 saturated heterocycles. The minimum absolute atomic E-state index is 0.201. The molecule has 0 saturated carbocycles. The van der Waals surface area contributed by atoms with Crippen LogP contribution in [0.15, 0.2) is 23.4 Å². The molecular weight excluding hydrogens is 322 g/mol. The second-order valence-corrected chi connectivity index (χ2v) is 7.53. The molecule has 148 valence electrons. The first kappa shape index (κ1) is 22.5. The topological polar surface area (TPSA) is 52.8 Å². The van der Waals surface area contributed by atoms with E-state index >= 15 is 0 Å². The first-order valence-electron chi connectivity index (χ1n) is 10.7. The summed E-state index contributed by atoms with van der Waals surface area (Å²) in [6, 6.07) is 5.65. The summed E-state index contributed by atoms with van der Waals surface area (Å²) in [5.41, 5.74) is 2.19. The molecule has 0 atom stereocenters. The zero-order chi connectivity index (χ0) is 19.0. The Balaban J connectivity index is 2.00. The molecule has 1 rings (SSSR count). The Morgan fingerprint density at radius 2 is 1.31 bits per heavy atom. The maximum Gasteiger partial charge on any atom is 0.125 e. The average molecular weight is 362 g/mol. The molecule has 0 aliphatic heterocycles. The normalized spacial score (nSPS) is 11.8. The monoisotopic (exact) mass is 361 g/mol. The Kier molecular flexibility index (Phi) is 12.7. The lowest BCUT2D eigenvalue weighted by Gasteiger charge is -2.07. The van der Waals surface area contributed by atoms with Gasteiger partial charge in [0.1, 0.15) is 5.75 Å². The van der Waals surface area contributed by atoms with Crippen molar-refractivity contribution in [3.63, 3.8) is 0 Å². The Bertz CT molecular complexity index is 511. The minimum Gasteiger partial charge on any atom is -0.507 e. The minimum atomic E-state index is 0.201. The zero-order valence-electron chi connectivity index (χ0n) is 17.0. The summed E-state index contributed by atoms with van der Waals surface area (Å²) in [5.74, 6) is 0.201. The van der Waals surface area contributed by atoms with Crippen LogP contribution >= 0.6 is 0 Å². The quantitative estimate of drug-likeness (QED) is 0.150. The first-order chi connectivity index (χ1) is 12.7. The molecule has 0 aliphatic rings. The lowest BCUT2D eigenvalue weighted by atomic mass is 10.0. The Morgan fingerprint density at radius 1 is 0.808 bits per heavy atom. The fraction of sp³-hybridized carbons (Fsp3) is 0.696. The summed E-state index contributed by atoms with van der Waals surface area (Å²) in [6.45, 7) is 3.95. The van der Waals surface area contributed by atoms with Crippen LogP contribution in [0.25, 0.3) is 0 Å². The number of phenolic OH excluding ortho intramolecular Hbond substituents is 1. The van der Waals surface area contributed by atoms with Gasteiger partial charge in [0.25, 0.3) is 0 Å². The van der Waals surface area contributed by atoms with E-state index in [1.807, 2.05) is 12.1 Å². The van der Waals surface area contributed by atoms with Gasteiger partial charge in [0.2, 0.25) is 0 Å². The molecular formula is C23H39NO2. The largest absolute Gasteiger partial charge is 0.507 e. The van der Waals surface area contributed by atoms with Crippen molar-refractivity contribution in [2.45, 2.75) is 104 Å². The summed E-state index contributed by atoms with van der Waals surface area (Å²) < 4.78 is 0. The number of unbranched alkanes of at least 4 members (excludes halogenated alkanes) is 12. The molecule has 0 unspecified atom stereocenters. The number of benzene rings is 1. The van der Waals surface area contributed by atoms with Crippen LogP contribution in [0.2, 0.25) is 0 Å². The van der Waals surface area contributed by atoms with Gasteiger partial charge in [-0.3, -0.25) is 0 Å². The molecule has 0 spiro atoms. The molecule has 26 heavy (non-hydrogen) atoms. The van der Waals surface area contributed by atoms with E-state index in [0.717, 1.165) is 12.0 Å². The van der Waals surface area contributed by atoms with Gasteiger partial charge in [0, 0.05) is 5.56 Å². The van der Waals surface area contributed by atoms with E-state index in [1.54, 1.807) is 13.0 Å². The molecule has 1 aromatic rings. The lowest BCUT2D eigenvalue weighted by Crippen LogP contribution is -1.96. The molecule has 3 heteroatoms. The summed E-state index contributed by atoms with van der Waals surface area (Å²) in [4.78, 5) is 0. The van der Waals surface area contributed by atoms with Gasteiger partial charge in [-0.15, -0.1) is 0 Å². The SMILES string of the molecule is CCCCCCCCCCCCCCCc1ccc(C(C)=NO)c(O)c1. The van der Waals surface area contributed by atoms with Gasteiger partial charge in [0.15, 0.2) is 0 Å². The van der Waals surface area contributed by atoms with Crippen molar-refractivity contribution in [2.24, 2.45) is 5.16 Å². The van der Waals surface area contributed by atoms with E-state index in [0.29, 0.717) is 11.3 Å². The fourth-order valence-corrected chi connectivity index (χ4v) is 3.44. The number of aryl methyl sites for hydroxylation is 1. The van der Waals surface area contributed by atoms with Crippen LogP contribution in [-0.2, 0) is 6.42 Å². The van der Waals surface area contributed by atoms with Crippen molar-refractivity contribution >= 4 is 5.71 Å². The third-order valence-electron chi connectivity index (χ3n) is 5.17. The number of aromatic hydroxyl groups is 1. The first-order valence-corrected chi connectivity index (χ1v) is 10.7. The van der Waals surface area contributed by atoms with Crippen LogP contribution in [0.1, 0.15) is 108 Å². The van der Waals surface area contributed by atoms with E-state index in [2.05, 4.69) is 12.1 Å². The smallest absolute Gasteiger partial charge is 0.125 e. The predicted octanol–water partition coefficient (Wildman–Crippen LogP) is 7.22. The molecule has 0 fully saturated rings. The second kappa shape index (κ2) is 14.6. The number of oxime groups is 1. The van der Waals surface area contributed by atoms with Gasteiger partial charge in [-0.05, 0) is 37.5 Å². The predicted molar refractivity (Wildman–Crippen MR) is 112 cm³/mol. The number of hydrogen-bond donors (Lipinski definition) is 2. The van der Waals surface area contributed by atoms with Crippen molar-refractivity contribution < 1.29 is 10.3 Å². The Morgan fingerprint density at radius 3 is 1.77 bits per heavy atom. The summed E-state index contributed by atoms with van der Waals surface area (Å²) in [7, 11) is 0. The zero-order valence-corrected chi connectivity index (χ0v) is 17.0. The van der Waals surface area contributed by atoms with Crippen molar-refractivity contribution in [1.82, 2.24) is 0 Å². The van der Waals surface area contributed by atoms with Gasteiger partial charge in [-0.25, -0.2) is 0 Å². The highest BCUT2D eigenvalue weighted by Gasteiger charge is 2.06. The van der Waals surface area contributed by atoms with Gasteiger partial charge < -0.3 is 10.3 Å². The van der Waals surface area contributed by atoms with Crippen LogP contribution in [-0.4, -0.2) is 16.0 Å². The van der Waals surface area contributed by atoms with Gasteiger partial charge in [0.05, 0.1) is 5.71 Å². The van der Waals surface area contributed by atoms with Gasteiger partial charge >= 0.3 is 0 Å². The van der Waals surface area contributed by atoms with E-state index in [9.17, 15) is 5.11 Å². The highest BCUT2D eigenvalue weighted by atomic mass is 16.4. The standard InChI is InChI=1S/C23H39NO2/c1-3-4-5-6-7-8-9-10-11-12-13-14-15-16-21-17-18-22(20(2)24-26)23(25)19-21/h17-19,25-26H,3-16H2,1-2H3. The lowest BCUT2D eigenvalue weighted by molar-refractivity contribution is 0.318. The van der Waals surface area contributed by atoms with E-state index < -0.39 is 0 Å². The summed E-state index contributed by atoms with van der Waals surface area (Å²) in [5, 5.41) is 21.9. The van der Waals surface area contributed by atoms with Crippen molar-refractivity contribution in [2.75, 3.05) is 0 Å². The molecule has 0 aromatic heterocycles. The maximum atomic E-state index is 10.0. The van der Waals surface area contributed by atoms with Crippen LogP contribution < -0.4 is 0 Å². The number of hydrogen-bond acceptors (Lipinski definition) is 3. The third kappa shape index (κ3) is 9.84. The Hall–Kier alpha value is -1.51. The highest BCUT2D eigenvalue weighted by Crippen LogP contribution is 2.21. The number of nitrogens with zero attached hydrogens (tertiary/aromatic N) is 1. The molecule has 0 heterocycles. The molecule has 3 nitrogen and oxygen atoms in total. The second-order valence-electron chi connectivity index (χ2n) is 7.53. The van der Waals surface area contributed by atoms with Gasteiger partial charge in [-0.2, -0.15) is 0 Å². The van der Waals surface area contributed by atoms with Crippen LogP contribution in [0.3, 0.4) is 0 Å². The molecule has 0 amide bonds. The van der Waals surface area contributed by atoms with E-state index in [-0.39, 0.29) is 5.75 Å². The number of phenols is 1. The maximum absolute atomic E-state index is 10.0. The van der Waals surface area contributed by atoms with Crippen LogP contribution in [0.4, 0.5) is 0 Å². The summed E-state index contributed by atoms with van der Waals surface area (Å²) >= 11 is 0. The van der Waals surface area contributed by atoms with Crippen molar-refractivity contribution in [3.05, 3.63) is 29.3 Å². The number of rotatable bonds is 15. The fourth-order valence-electron chi connectivity index (χ4n) is 3.44. The highest BCUT2D eigenvalue weighted by molar-refractivity contribution is 6.00. The van der Waals surface area contributed by atoms with E-state index in [4.69, 9.17) is 5.21 Å². The molecule has 1 aromatic carbocycles. The third-order valence-corrected chi connectivity index (χ3v) is 5.17. The molecule has 0 radical (unpaired) electrons. The molecule has 2 N–H and O–H groups in total. The van der Waals surface area contributed by atoms with Crippen LogP contribution in [0, 0.1) is 0 Å².